The van der Waals surface area contributed by atoms with Crippen molar-refractivity contribution in [2.45, 2.75) is 31.7 Å². The van der Waals surface area contributed by atoms with Crippen molar-refractivity contribution in [3.63, 3.8) is 0 Å². The van der Waals surface area contributed by atoms with Crippen LogP contribution in [0.2, 0.25) is 0 Å². The van der Waals surface area contributed by atoms with Crippen molar-refractivity contribution in [3.05, 3.63) is 12.7 Å². The molecule has 1 saturated heterocycles. The topological polar surface area (TPSA) is 93.7 Å². The van der Waals surface area contributed by atoms with Crippen molar-refractivity contribution in [2.24, 2.45) is 0 Å². The van der Waals surface area contributed by atoms with Crippen LogP contribution in [0.15, 0.2) is 12.7 Å². The first kappa shape index (κ1) is 16.1. The van der Waals surface area contributed by atoms with Gasteiger partial charge in [0.1, 0.15) is 6.61 Å². The number of nitrogens with one attached hydrogen (secondary N) is 2. The van der Waals surface area contributed by atoms with Gasteiger partial charge in [-0.25, -0.2) is 14.0 Å². The van der Waals surface area contributed by atoms with Crippen molar-refractivity contribution in [1.29, 1.82) is 0 Å². The van der Waals surface area contributed by atoms with Crippen LogP contribution < -0.4 is 10.6 Å². The van der Waals surface area contributed by atoms with Crippen LogP contribution in [-0.2, 0) is 19.1 Å². The zero-order valence-electron chi connectivity index (χ0n) is 11.1. The van der Waals surface area contributed by atoms with Crippen molar-refractivity contribution in [2.75, 3.05) is 13.2 Å². The average Bonchev–Trinajstić information content (AvgIpc) is 2.41. The van der Waals surface area contributed by atoms with Gasteiger partial charge in [-0.05, 0) is 6.42 Å². The molecular weight excluding hydrogens is 271 g/mol. The third-order valence-electron chi connectivity index (χ3n) is 2.59. The molecule has 8 heteroatoms. The Hall–Kier alpha value is -1.96. The Bertz CT molecular complexity index is 415. The van der Waals surface area contributed by atoms with Crippen LogP contribution in [0.1, 0.15) is 19.8 Å². The molecule has 0 radical (unpaired) electrons. The molecule has 0 aromatic carbocycles. The Morgan fingerprint density at radius 3 is 2.85 bits per heavy atom. The highest BCUT2D eigenvalue weighted by molar-refractivity contribution is 6.14. The number of ether oxygens (including phenoxy) is 2. The smallest absolute Gasteiger partial charge is 0.359 e. The summed E-state index contributed by atoms with van der Waals surface area (Å²) in [5, 5.41) is 3.74. The Balaban J connectivity index is 2.88. The average molecular weight is 288 g/mol. The molecule has 0 spiro atoms. The lowest BCUT2D eigenvalue weighted by molar-refractivity contribution is -0.178. The Morgan fingerprint density at radius 2 is 2.25 bits per heavy atom. The van der Waals surface area contributed by atoms with Gasteiger partial charge in [0.05, 0.1) is 0 Å². The largest absolute Gasteiger partial charge is 0.459 e. The predicted molar refractivity (Wildman–Crippen MR) is 66.3 cm³/mol. The van der Waals surface area contributed by atoms with Crippen LogP contribution in [0, 0.1) is 0 Å². The minimum absolute atomic E-state index is 0.0924. The maximum absolute atomic E-state index is 14.7. The number of urea groups is 1. The normalized spacial score (nSPS) is 25.6. The third kappa shape index (κ3) is 3.32. The molecule has 0 aromatic heterocycles. The van der Waals surface area contributed by atoms with Gasteiger partial charge in [-0.15, -0.1) is 0 Å². The number of rotatable bonds is 7. The quantitative estimate of drug-likeness (QED) is 0.306. The number of alkyl halides is 1. The zero-order chi connectivity index (χ0) is 15.2. The first-order valence-corrected chi connectivity index (χ1v) is 6.17. The molecule has 1 rings (SSSR count). The van der Waals surface area contributed by atoms with Gasteiger partial charge in [0, 0.05) is 6.61 Å². The molecule has 0 aliphatic carbocycles. The summed E-state index contributed by atoms with van der Waals surface area (Å²) in [5.74, 6) is -2.84. The highest BCUT2D eigenvalue weighted by atomic mass is 19.1. The Morgan fingerprint density at radius 1 is 1.55 bits per heavy atom. The van der Waals surface area contributed by atoms with Crippen LogP contribution in [0.25, 0.3) is 0 Å². The van der Waals surface area contributed by atoms with Crippen molar-refractivity contribution >= 4 is 17.9 Å². The summed E-state index contributed by atoms with van der Waals surface area (Å²) in [6.45, 7) is 5.03. The molecule has 1 aliphatic heterocycles. The van der Waals surface area contributed by atoms with Crippen LogP contribution in [-0.4, -0.2) is 43.0 Å². The van der Waals surface area contributed by atoms with E-state index in [1.807, 2.05) is 6.92 Å². The zero-order valence-corrected chi connectivity index (χ0v) is 11.1. The molecule has 0 saturated carbocycles. The fourth-order valence-electron chi connectivity index (χ4n) is 1.51. The molecular formula is C12H17FN2O5. The third-order valence-corrected chi connectivity index (χ3v) is 2.59. The number of carbonyl (C=O) groups excluding carboxylic acids is 3. The van der Waals surface area contributed by atoms with Gasteiger partial charge >= 0.3 is 17.7 Å². The number of esters is 1. The summed E-state index contributed by atoms with van der Waals surface area (Å²) in [6.07, 6.45) is 0.874. The van der Waals surface area contributed by atoms with E-state index in [1.165, 1.54) is 6.08 Å². The van der Waals surface area contributed by atoms with Gasteiger partial charge in [0.25, 0.3) is 5.91 Å². The van der Waals surface area contributed by atoms with E-state index in [4.69, 9.17) is 4.74 Å². The van der Waals surface area contributed by atoms with E-state index in [1.54, 1.807) is 5.32 Å². The van der Waals surface area contributed by atoms with Gasteiger partial charge in [-0.1, -0.05) is 26.0 Å². The van der Waals surface area contributed by atoms with Crippen LogP contribution in [0.5, 0.6) is 0 Å². The standard InChI is InChI=1S/C12H17FN2O5/c1-3-5-7-19-9-12(13,10(17)20-6-4-2)8(16)14-11(18)15-9/h4,9H,2-3,5-7H2,1H3,(H2,14,15,16,18). The molecule has 2 N–H and O–H groups in total. The lowest BCUT2D eigenvalue weighted by atomic mass is 10.0. The highest BCUT2D eigenvalue weighted by Gasteiger charge is 2.59. The van der Waals surface area contributed by atoms with E-state index in [0.29, 0.717) is 6.42 Å². The second-order valence-corrected chi connectivity index (χ2v) is 4.13. The number of imide groups is 1. The minimum Gasteiger partial charge on any atom is -0.459 e. The molecule has 20 heavy (non-hydrogen) atoms. The highest BCUT2D eigenvalue weighted by Crippen LogP contribution is 2.23. The van der Waals surface area contributed by atoms with Crippen LogP contribution in [0.3, 0.4) is 0 Å². The summed E-state index contributed by atoms with van der Waals surface area (Å²) in [7, 11) is 0. The van der Waals surface area contributed by atoms with E-state index in [-0.39, 0.29) is 13.2 Å². The predicted octanol–water partition coefficient (Wildman–Crippen LogP) is 0.406. The summed E-state index contributed by atoms with van der Waals surface area (Å²) < 4.78 is 24.3. The molecule has 1 fully saturated rings. The summed E-state index contributed by atoms with van der Waals surface area (Å²) in [6, 6.07) is -0.929. The molecule has 1 aliphatic rings. The molecule has 0 aromatic rings. The molecule has 2 unspecified atom stereocenters. The van der Waals surface area contributed by atoms with E-state index in [0.717, 1.165) is 6.42 Å². The van der Waals surface area contributed by atoms with Crippen molar-refractivity contribution in [3.8, 4) is 0 Å². The fourth-order valence-corrected chi connectivity index (χ4v) is 1.51. The summed E-state index contributed by atoms with van der Waals surface area (Å²) in [4.78, 5) is 34.5. The minimum atomic E-state index is -3.12. The lowest BCUT2D eigenvalue weighted by Crippen LogP contribution is -2.71. The fraction of sp³-hybridized carbons (Fsp3) is 0.583. The van der Waals surface area contributed by atoms with E-state index in [9.17, 15) is 18.8 Å². The number of carbonyl (C=O) groups is 3. The maximum atomic E-state index is 14.7. The van der Waals surface area contributed by atoms with Gasteiger partial charge in [-0.3, -0.25) is 10.1 Å². The van der Waals surface area contributed by atoms with Gasteiger partial charge in [0.2, 0.25) is 0 Å². The SMILES string of the molecule is C=CCOC(=O)C1(F)C(=O)NC(=O)NC1OCCCC. The monoisotopic (exact) mass is 288 g/mol. The second kappa shape index (κ2) is 6.99. The van der Waals surface area contributed by atoms with Gasteiger partial charge in [0.15, 0.2) is 6.23 Å². The molecule has 3 amide bonds. The Labute approximate surface area is 115 Å². The molecule has 112 valence electrons. The molecule has 1 heterocycles. The molecule has 0 bridgehead atoms. The van der Waals surface area contributed by atoms with Gasteiger partial charge < -0.3 is 14.8 Å². The first-order chi connectivity index (χ1) is 9.46. The first-order valence-electron chi connectivity index (χ1n) is 6.17. The van der Waals surface area contributed by atoms with Crippen LogP contribution >= 0.6 is 0 Å². The van der Waals surface area contributed by atoms with Crippen molar-refractivity contribution < 1.29 is 28.2 Å². The number of unbranched alkanes of at least 4 members (excludes halogenated alkanes) is 1. The van der Waals surface area contributed by atoms with E-state index >= 15 is 0 Å². The van der Waals surface area contributed by atoms with Crippen LogP contribution in [0.4, 0.5) is 9.18 Å². The van der Waals surface area contributed by atoms with Crippen molar-refractivity contribution in [1.82, 2.24) is 10.6 Å². The summed E-state index contributed by atoms with van der Waals surface area (Å²) >= 11 is 0. The maximum Gasteiger partial charge on any atom is 0.359 e. The second-order valence-electron chi connectivity index (χ2n) is 4.13. The molecule has 7 nitrogen and oxygen atoms in total. The number of hydrogen-bond acceptors (Lipinski definition) is 5. The molecule has 2 atom stereocenters. The Kier molecular flexibility index (Phi) is 5.63. The number of halogens is 1. The summed E-state index contributed by atoms with van der Waals surface area (Å²) in [5.41, 5.74) is -3.12. The number of amides is 3. The van der Waals surface area contributed by atoms with E-state index < -0.39 is 29.8 Å². The number of hydrogen-bond donors (Lipinski definition) is 2. The van der Waals surface area contributed by atoms with E-state index in [2.05, 4.69) is 16.6 Å². The lowest BCUT2D eigenvalue weighted by Gasteiger charge is -2.34. The van der Waals surface area contributed by atoms with Gasteiger partial charge in [-0.2, -0.15) is 0 Å².